The lowest BCUT2D eigenvalue weighted by Crippen LogP contribution is -2.13. The summed E-state index contributed by atoms with van der Waals surface area (Å²) >= 11 is 0. The van der Waals surface area contributed by atoms with E-state index in [2.05, 4.69) is 4.98 Å². The van der Waals surface area contributed by atoms with Gasteiger partial charge in [0.05, 0.1) is 12.2 Å². The lowest BCUT2D eigenvalue weighted by molar-refractivity contribution is 0.423. The van der Waals surface area contributed by atoms with Gasteiger partial charge in [-0.05, 0) is 25.0 Å². The number of hydrogen-bond donors (Lipinski definition) is 0. The lowest BCUT2D eigenvalue weighted by atomic mass is 10.5. The van der Waals surface area contributed by atoms with E-state index in [1.165, 1.54) is 0 Å². The van der Waals surface area contributed by atoms with Crippen LogP contribution in [0.5, 0.6) is 0 Å². The molecule has 0 unspecified atom stereocenters. The van der Waals surface area contributed by atoms with Crippen LogP contribution >= 0.6 is 0 Å². The van der Waals surface area contributed by atoms with Crippen molar-refractivity contribution in [1.29, 1.82) is 0 Å². The van der Waals surface area contributed by atoms with Crippen molar-refractivity contribution in [3.63, 3.8) is 0 Å². The van der Waals surface area contributed by atoms with Gasteiger partial charge in [-0.1, -0.05) is 10.5 Å². The first kappa shape index (κ1) is 7.79. The predicted molar refractivity (Wildman–Crippen MR) is 51.8 cm³/mol. The van der Waals surface area contributed by atoms with Crippen molar-refractivity contribution in [3.05, 3.63) is 30.6 Å². The number of imidazole rings is 1. The summed E-state index contributed by atoms with van der Waals surface area (Å²) in [6.07, 6.45) is 5.45. The fourth-order valence-electron chi connectivity index (χ4n) is 1.51. The van der Waals surface area contributed by atoms with Gasteiger partial charge in [0.25, 0.3) is 0 Å². The molecule has 14 heavy (non-hydrogen) atoms. The van der Waals surface area contributed by atoms with Gasteiger partial charge in [-0.15, -0.1) is 0 Å². The number of anilines is 1. The number of nitrogens with zero attached hydrogens (tertiary/aromatic N) is 3. The van der Waals surface area contributed by atoms with Gasteiger partial charge in [0.15, 0.2) is 5.82 Å². The summed E-state index contributed by atoms with van der Waals surface area (Å²) in [6.45, 7) is 0. The molecule has 72 valence electrons. The van der Waals surface area contributed by atoms with E-state index in [1.54, 1.807) is 6.20 Å². The third-order valence-electron chi connectivity index (χ3n) is 2.44. The van der Waals surface area contributed by atoms with Crippen LogP contribution in [0, 0.1) is 0 Å². The van der Waals surface area contributed by atoms with E-state index in [0.29, 0.717) is 5.82 Å². The normalized spacial score (nSPS) is 16.1. The Hall–Kier alpha value is -1.58. The maximum absolute atomic E-state index is 13.5. The molecule has 4 heteroatoms. The van der Waals surface area contributed by atoms with Crippen molar-refractivity contribution in [2.45, 2.75) is 18.9 Å². The predicted octanol–water partition coefficient (Wildman–Crippen LogP) is 2.19. The molecule has 0 spiro atoms. The summed E-state index contributed by atoms with van der Waals surface area (Å²) in [7, 11) is 0. The summed E-state index contributed by atoms with van der Waals surface area (Å²) in [6, 6.07) is 5.72. The van der Waals surface area contributed by atoms with Crippen molar-refractivity contribution in [3.8, 4) is 0 Å². The molecule has 0 saturated heterocycles. The van der Waals surface area contributed by atoms with E-state index < -0.39 is 0 Å². The number of hydrogen-bond acceptors (Lipinski definition) is 2. The highest BCUT2D eigenvalue weighted by Gasteiger charge is 2.31. The Morgan fingerprint density at radius 1 is 1.43 bits per heavy atom. The smallest absolute Gasteiger partial charge is 0.176 e. The highest BCUT2D eigenvalue weighted by atomic mass is 19.2. The third-order valence-corrected chi connectivity index (χ3v) is 2.44. The standard InChI is InChI=1S/C10H10FN3/c11-14(8-4-5-8)10-7-13-6-2-1-3-9(13)12-10/h1-3,6-8H,4-5H2. The summed E-state index contributed by atoms with van der Waals surface area (Å²) < 4.78 is 15.3. The zero-order valence-corrected chi connectivity index (χ0v) is 7.60. The quantitative estimate of drug-likeness (QED) is 0.678. The molecule has 1 aliphatic carbocycles. The number of pyridine rings is 1. The second-order valence-electron chi connectivity index (χ2n) is 3.61. The van der Waals surface area contributed by atoms with Crippen LogP contribution < -0.4 is 5.12 Å². The molecule has 0 aliphatic heterocycles. The minimum atomic E-state index is 0.0555. The molecule has 0 bridgehead atoms. The van der Waals surface area contributed by atoms with Gasteiger partial charge >= 0.3 is 0 Å². The van der Waals surface area contributed by atoms with Crippen molar-refractivity contribution >= 4 is 11.5 Å². The van der Waals surface area contributed by atoms with E-state index in [1.807, 2.05) is 28.8 Å². The van der Waals surface area contributed by atoms with Gasteiger partial charge in [0.1, 0.15) is 5.65 Å². The van der Waals surface area contributed by atoms with Gasteiger partial charge in [-0.25, -0.2) is 4.98 Å². The molecule has 3 rings (SSSR count). The first-order chi connectivity index (χ1) is 6.84. The van der Waals surface area contributed by atoms with Crippen LogP contribution in [0.2, 0.25) is 0 Å². The Morgan fingerprint density at radius 3 is 3.00 bits per heavy atom. The van der Waals surface area contributed by atoms with Gasteiger partial charge in [-0.2, -0.15) is 5.12 Å². The number of halogens is 1. The first-order valence-corrected chi connectivity index (χ1v) is 4.73. The largest absolute Gasteiger partial charge is 0.305 e. The maximum atomic E-state index is 13.5. The molecule has 0 radical (unpaired) electrons. The highest BCUT2D eigenvalue weighted by Crippen LogP contribution is 2.31. The molecule has 0 aromatic carbocycles. The van der Waals surface area contributed by atoms with E-state index in [4.69, 9.17) is 0 Å². The van der Waals surface area contributed by atoms with Crippen LogP contribution in [0.25, 0.3) is 5.65 Å². The van der Waals surface area contributed by atoms with Crippen molar-refractivity contribution in [1.82, 2.24) is 9.38 Å². The zero-order valence-electron chi connectivity index (χ0n) is 7.60. The Kier molecular flexibility index (Phi) is 1.50. The Bertz CT molecular complexity index is 428. The molecule has 3 nitrogen and oxygen atoms in total. The van der Waals surface area contributed by atoms with Crippen LogP contribution in [0.3, 0.4) is 0 Å². The Balaban J connectivity index is 2.04. The minimum absolute atomic E-state index is 0.0555. The average Bonchev–Trinajstić information content (AvgIpc) is 2.95. The van der Waals surface area contributed by atoms with Gasteiger partial charge in [0.2, 0.25) is 0 Å². The summed E-state index contributed by atoms with van der Waals surface area (Å²) in [5, 5.41) is 0.771. The van der Waals surface area contributed by atoms with Gasteiger partial charge in [-0.3, -0.25) is 0 Å². The fourth-order valence-corrected chi connectivity index (χ4v) is 1.51. The average molecular weight is 191 g/mol. The molecule has 1 aliphatic rings. The van der Waals surface area contributed by atoms with Crippen LogP contribution in [-0.2, 0) is 0 Å². The molecule has 0 atom stereocenters. The van der Waals surface area contributed by atoms with Crippen molar-refractivity contribution < 1.29 is 4.48 Å². The van der Waals surface area contributed by atoms with E-state index >= 15 is 0 Å². The molecule has 2 heterocycles. The van der Waals surface area contributed by atoms with E-state index in [-0.39, 0.29) is 6.04 Å². The van der Waals surface area contributed by atoms with Crippen LogP contribution in [0.1, 0.15) is 12.8 Å². The van der Waals surface area contributed by atoms with E-state index in [0.717, 1.165) is 23.6 Å². The molecule has 0 N–H and O–H groups in total. The monoisotopic (exact) mass is 191 g/mol. The first-order valence-electron chi connectivity index (χ1n) is 4.73. The molecule has 2 aromatic heterocycles. The molecule has 2 aromatic rings. The summed E-state index contributed by atoms with van der Waals surface area (Å²) in [4.78, 5) is 4.19. The maximum Gasteiger partial charge on any atom is 0.176 e. The second kappa shape index (κ2) is 2.70. The topological polar surface area (TPSA) is 20.5 Å². The number of rotatable bonds is 2. The zero-order chi connectivity index (χ0) is 9.54. The van der Waals surface area contributed by atoms with Gasteiger partial charge in [0, 0.05) is 6.20 Å². The molecular formula is C10H10FN3. The Labute approximate surface area is 80.7 Å². The SMILES string of the molecule is FN(c1cn2ccccc2n1)C1CC1. The Morgan fingerprint density at radius 2 is 2.29 bits per heavy atom. The number of aromatic nitrogens is 2. The van der Waals surface area contributed by atoms with Crippen LogP contribution in [-0.4, -0.2) is 15.4 Å². The molecular weight excluding hydrogens is 181 g/mol. The molecule has 1 saturated carbocycles. The third kappa shape index (κ3) is 1.14. The number of fused-ring (bicyclic) bond motifs is 1. The van der Waals surface area contributed by atoms with Crippen molar-refractivity contribution in [2.75, 3.05) is 5.12 Å². The van der Waals surface area contributed by atoms with Gasteiger partial charge < -0.3 is 4.40 Å². The van der Waals surface area contributed by atoms with Crippen LogP contribution in [0.15, 0.2) is 30.6 Å². The van der Waals surface area contributed by atoms with E-state index in [9.17, 15) is 4.48 Å². The lowest BCUT2D eigenvalue weighted by Gasteiger charge is -2.06. The fraction of sp³-hybridized carbons (Fsp3) is 0.300. The van der Waals surface area contributed by atoms with Crippen molar-refractivity contribution in [2.24, 2.45) is 0 Å². The second-order valence-corrected chi connectivity index (χ2v) is 3.61. The minimum Gasteiger partial charge on any atom is -0.305 e. The van der Waals surface area contributed by atoms with Crippen LogP contribution in [0.4, 0.5) is 10.3 Å². The molecule has 1 fully saturated rings. The molecule has 0 amide bonds. The highest BCUT2D eigenvalue weighted by molar-refractivity contribution is 5.49. The summed E-state index contributed by atoms with van der Waals surface area (Å²) in [5.41, 5.74) is 0.783. The summed E-state index contributed by atoms with van der Waals surface area (Å²) in [5.74, 6) is 0.415.